The lowest BCUT2D eigenvalue weighted by Crippen LogP contribution is -2.39. The van der Waals surface area contributed by atoms with E-state index in [0.717, 1.165) is 10.6 Å². The third-order valence-electron chi connectivity index (χ3n) is 4.76. The Morgan fingerprint density at radius 2 is 1.54 bits per heavy atom. The van der Waals surface area contributed by atoms with Crippen molar-refractivity contribution in [2.45, 2.75) is 6.92 Å². The van der Waals surface area contributed by atoms with E-state index in [4.69, 9.17) is 23.2 Å². The SMILES string of the molecule is C/C(=N/NC(=O)CN(c1cccc(Cl)c1)S(C)(=O)=O)c1cccc(NC(=O)c2cccc(Cl)c2)c1. The lowest BCUT2D eigenvalue weighted by atomic mass is 10.1. The van der Waals surface area contributed by atoms with Crippen LogP contribution in [0.4, 0.5) is 11.4 Å². The number of halogens is 2. The highest BCUT2D eigenvalue weighted by molar-refractivity contribution is 7.92. The van der Waals surface area contributed by atoms with Crippen LogP contribution in [0.3, 0.4) is 0 Å². The van der Waals surface area contributed by atoms with E-state index < -0.39 is 22.5 Å². The van der Waals surface area contributed by atoms with Crippen molar-refractivity contribution in [3.05, 3.63) is 94.0 Å². The molecule has 2 N–H and O–H groups in total. The third-order valence-corrected chi connectivity index (χ3v) is 6.37. The summed E-state index contributed by atoms with van der Waals surface area (Å²) in [5, 5.41) is 7.65. The van der Waals surface area contributed by atoms with Gasteiger partial charge in [-0.1, -0.05) is 47.5 Å². The third kappa shape index (κ3) is 7.54. The molecule has 0 unspecified atom stereocenters. The van der Waals surface area contributed by atoms with Crippen molar-refractivity contribution in [3.63, 3.8) is 0 Å². The topological polar surface area (TPSA) is 108 Å². The van der Waals surface area contributed by atoms with E-state index in [9.17, 15) is 18.0 Å². The average Bonchev–Trinajstić information content (AvgIpc) is 2.80. The summed E-state index contributed by atoms with van der Waals surface area (Å²) in [4.78, 5) is 24.9. The quantitative estimate of drug-likeness (QED) is 0.327. The van der Waals surface area contributed by atoms with Crippen molar-refractivity contribution in [1.82, 2.24) is 5.43 Å². The largest absolute Gasteiger partial charge is 0.322 e. The molecule has 0 spiro atoms. The van der Waals surface area contributed by atoms with Crippen molar-refractivity contribution in [3.8, 4) is 0 Å². The van der Waals surface area contributed by atoms with E-state index in [0.29, 0.717) is 32.6 Å². The van der Waals surface area contributed by atoms with E-state index in [-0.39, 0.29) is 11.6 Å². The highest BCUT2D eigenvalue weighted by Gasteiger charge is 2.21. The van der Waals surface area contributed by atoms with Gasteiger partial charge in [0.1, 0.15) is 6.54 Å². The number of anilines is 2. The summed E-state index contributed by atoms with van der Waals surface area (Å²) in [6.07, 6.45) is 0.999. The van der Waals surface area contributed by atoms with Crippen LogP contribution >= 0.6 is 23.2 Å². The lowest BCUT2D eigenvalue weighted by molar-refractivity contribution is -0.119. The standard InChI is InChI=1S/C24H22Cl2N4O4S/c1-16(17-6-4-10-21(13-17)27-24(32)18-7-3-8-19(25)12-18)28-29-23(31)15-30(35(2,33)34)22-11-5-9-20(26)14-22/h3-14H,15H2,1-2H3,(H,27,32)(H,29,31)/b28-16-. The fraction of sp³-hybridized carbons (Fsp3) is 0.125. The van der Waals surface area contributed by atoms with Gasteiger partial charge in [-0.25, -0.2) is 13.8 Å². The predicted octanol–water partition coefficient (Wildman–Crippen LogP) is 4.55. The second kappa shape index (κ2) is 11.4. The summed E-state index contributed by atoms with van der Waals surface area (Å²) in [5.41, 5.74) is 4.66. The molecule has 35 heavy (non-hydrogen) atoms. The molecule has 3 rings (SSSR count). The Kier molecular flexibility index (Phi) is 8.50. The number of carbonyl (C=O) groups is 2. The number of carbonyl (C=O) groups excluding carboxylic acids is 2. The van der Waals surface area contributed by atoms with Gasteiger partial charge in [0.05, 0.1) is 17.7 Å². The lowest BCUT2D eigenvalue weighted by Gasteiger charge is -2.21. The molecular weight excluding hydrogens is 511 g/mol. The van der Waals surface area contributed by atoms with Crippen LogP contribution < -0.4 is 15.0 Å². The molecule has 11 heteroatoms. The summed E-state index contributed by atoms with van der Waals surface area (Å²) in [6, 6.07) is 19.7. The summed E-state index contributed by atoms with van der Waals surface area (Å²) in [7, 11) is -3.75. The molecule has 0 atom stereocenters. The molecule has 0 saturated carbocycles. The monoisotopic (exact) mass is 532 g/mol. The molecule has 0 heterocycles. The number of sulfonamides is 1. The van der Waals surface area contributed by atoms with Crippen LogP contribution in [0.5, 0.6) is 0 Å². The van der Waals surface area contributed by atoms with Crippen molar-refractivity contribution in [2.75, 3.05) is 22.4 Å². The predicted molar refractivity (Wildman–Crippen MR) is 140 cm³/mol. The summed E-state index contributed by atoms with van der Waals surface area (Å²) >= 11 is 11.9. The smallest absolute Gasteiger partial charge is 0.260 e. The van der Waals surface area contributed by atoms with Gasteiger partial charge in [0.15, 0.2) is 0 Å². The van der Waals surface area contributed by atoms with Gasteiger partial charge in [0, 0.05) is 21.3 Å². The first-order chi connectivity index (χ1) is 16.5. The Morgan fingerprint density at radius 1 is 0.914 bits per heavy atom. The fourth-order valence-electron chi connectivity index (χ4n) is 3.06. The van der Waals surface area contributed by atoms with Crippen LogP contribution in [0.25, 0.3) is 0 Å². The van der Waals surface area contributed by atoms with Crippen molar-refractivity contribution >= 4 is 62.1 Å². The zero-order chi connectivity index (χ0) is 25.6. The van der Waals surface area contributed by atoms with Crippen molar-refractivity contribution in [1.29, 1.82) is 0 Å². The van der Waals surface area contributed by atoms with Crippen LogP contribution in [0.15, 0.2) is 77.9 Å². The van der Waals surface area contributed by atoms with E-state index in [1.807, 2.05) is 0 Å². The molecule has 0 aliphatic rings. The number of nitrogens with zero attached hydrogens (tertiary/aromatic N) is 2. The molecule has 0 saturated heterocycles. The van der Waals surface area contributed by atoms with Gasteiger partial charge in [-0.15, -0.1) is 0 Å². The number of amides is 2. The molecule has 3 aromatic carbocycles. The van der Waals surface area contributed by atoms with Crippen LogP contribution in [0.1, 0.15) is 22.8 Å². The molecule has 0 aliphatic carbocycles. The van der Waals surface area contributed by atoms with Crippen molar-refractivity contribution < 1.29 is 18.0 Å². The average molecular weight is 533 g/mol. The fourth-order valence-corrected chi connectivity index (χ4v) is 4.29. The van der Waals surface area contributed by atoms with E-state index in [1.54, 1.807) is 67.6 Å². The molecule has 0 radical (unpaired) electrons. The van der Waals surface area contributed by atoms with E-state index in [2.05, 4.69) is 15.8 Å². The maximum atomic E-state index is 12.5. The van der Waals surface area contributed by atoms with Crippen LogP contribution in [-0.2, 0) is 14.8 Å². The number of benzene rings is 3. The summed E-state index contributed by atoms with van der Waals surface area (Å²) in [5.74, 6) is -0.963. The zero-order valence-electron chi connectivity index (χ0n) is 18.8. The molecule has 8 nitrogen and oxygen atoms in total. The first kappa shape index (κ1) is 26.2. The Bertz CT molecular complexity index is 1390. The summed E-state index contributed by atoms with van der Waals surface area (Å²) in [6.45, 7) is 1.19. The first-order valence-electron chi connectivity index (χ1n) is 10.3. The zero-order valence-corrected chi connectivity index (χ0v) is 21.2. The minimum Gasteiger partial charge on any atom is -0.322 e. The summed E-state index contributed by atoms with van der Waals surface area (Å²) < 4.78 is 25.4. The molecule has 0 aliphatic heterocycles. The first-order valence-corrected chi connectivity index (χ1v) is 12.9. The maximum Gasteiger partial charge on any atom is 0.260 e. The number of hydrogen-bond donors (Lipinski definition) is 2. The second-order valence-electron chi connectivity index (χ2n) is 7.53. The van der Waals surface area contributed by atoms with Gasteiger partial charge in [-0.3, -0.25) is 13.9 Å². The minimum absolute atomic E-state index is 0.263. The van der Waals surface area contributed by atoms with Gasteiger partial charge in [-0.05, 0) is 61.0 Å². The van der Waals surface area contributed by atoms with Gasteiger partial charge in [0.25, 0.3) is 11.8 Å². The molecule has 3 aromatic rings. The van der Waals surface area contributed by atoms with Gasteiger partial charge in [-0.2, -0.15) is 5.10 Å². The Morgan fingerprint density at radius 3 is 2.20 bits per heavy atom. The molecule has 0 bridgehead atoms. The number of hydrazone groups is 1. The number of nitrogens with one attached hydrogen (secondary N) is 2. The molecule has 182 valence electrons. The minimum atomic E-state index is -3.75. The van der Waals surface area contributed by atoms with Gasteiger partial charge >= 0.3 is 0 Å². The highest BCUT2D eigenvalue weighted by atomic mass is 35.5. The highest BCUT2D eigenvalue weighted by Crippen LogP contribution is 2.21. The van der Waals surface area contributed by atoms with Crippen LogP contribution in [-0.4, -0.2) is 38.7 Å². The van der Waals surface area contributed by atoms with Crippen LogP contribution in [0.2, 0.25) is 10.0 Å². The molecule has 0 fully saturated rings. The van der Waals surface area contributed by atoms with E-state index in [1.165, 1.54) is 12.1 Å². The number of rotatable bonds is 8. The normalized spacial score (nSPS) is 11.6. The molecule has 2 amide bonds. The Labute approximate surface area is 213 Å². The molecule has 0 aromatic heterocycles. The van der Waals surface area contributed by atoms with E-state index >= 15 is 0 Å². The van der Waals surface area contributed by atoms with Crippen molar-refractivity contribution in [2.24, 2.45) is 5.10 Å². The van der Waals surface area contributed by atoms with Crippen LogP contribution in [0, 0.1) is 0 Å². The Balaban J connectivity index is 1.69. The maximum absolute atomic E-state index is 12.5. The van der Waals surface area contributed by atoms with Gasteiger partial charge < -0.3 is 5.32 Å². The second-order valence-corrected chi connectivity index (χ2v) is 10.3. The number of hydrogen-bond acceptors (Lipinski definition) is 5. The Hall–Kier alpha value is -3.40. The molecular formula is C24H22Cl2N4O4S. The van der Waals surface area contributed by atoms with Gasteiger partial charge in [0.2, 0.25) is 10.0 Å².